The van der Waals surface area contributed by atoms with Gasteiger partial charge >= 0.3 is 0 Å². The molecule has 1 nitrogen and oxygen atoms in total. The number of fused-ring (bicyclic) bond motifs is 3. The Hall–Kier alpha value is -2.16. The van der Waals surface area contributed by atoms with Crippen LogP contribution in [0.1, 0.15) is 6.92 Å². The second-order valence-corrected chi connectivity index (χ2v) is 10.8. The number of hydrogen-bond acceptors (Lipinski definition) is 1. The van der Waals surface area contributed by atoms with E-state index < -0.39 is 8.32 Å². The normalized spacial score (nSPS) is 12.3. The van der Waals surface area contributed by atoms with Crippen LogP contribution in [0.5, 0.6) is 0 Å². The molecule has 120 valence electrons. The van der Waals surface area contributed by atoms with E-state index >= 15 is 0 Å². The fourth-order valence-corrected chi connectivity index (χ4v) is 5.39. The van der Waals surface area contributed by atoms with Crippen molar-refractivity contribution in [1.82, 2.24) is 0 Å². The summed E-state index contributed by atoms with van der Waals surface area (Å²) in [5.74, 6) is 0. The van der Waals surface area contributed by atoms with Crippen LogP contribution in [-0.2, 0) is 4.43 Å². The predicted octanol–water partition coefficient (Wildman–Crippen LogP) is 5.59. The van der Waals surface area contributed by atoms with Gasteiger partial charge in [0.05, 0.1) is 0 Å². The van der Waals surface area contributed by atoms with Crippen LogP contribution < -0.4 is 5.19 Å². The number of hydrogen-bond donors (Lipinski definition) is 0. The molecule has 24 heavy (non-hydrogen) atoms. The van der Waals surface area contributed by atoms with Gasteiger partial charge in [-0.3, -0.25) is 0 Å². The lowest BCUT2D eigenvalue weighted by molar-refractivity contribution is 0.339. The molecule has 2 heteroatoms. The second kappa shape index (κ2) is 5.73. The third-order valence-corrected chi connectivity index (χ3v) is 7.57. The summed E-state index contributed by atoms with van der Waals surface area (Å²) in [4.78, 5) is 0. The Labute approximate surface area is 144 Å². The smallest absolute Gasteiger partial charge is 0.218 e. The first kappa shape index (κ1) is 15.4. The lowest BCUT2D eigenvalue weighted by Gasteiger charge is -2.22. The van der Waals surface area contributed by atoms with Gasteiger partial charge in [0.1, 0.15) is 0 Å². The summed E-state index contributed by atoms with van der Waals surface area (Å²) in [7, 11) is -1.81. The van der Waals surface area contributed by atoms with Gasteiger partial charge in [0.15, 0.2) is 0 Å². The van der Waals surface area contributed by atoms with Gasteiger partial charge in [0, 0.05) is 6.61 Å². The average Bonchev–Trinajstić information content (AvgIpc) is 2.57. The molecule has 0 fully saturated rings. The van der Waals surface area contributed by atoms with Crippen LogP contribution >= 0.6 is 0 Å². The zero-order chi connectivity index (χ0) is 16.7. The van der Waals surface area contributed by atoms with Crippen molar-refractivity contribution in [3.63, 3.8) is 0 Å². The van der Waals surface area contributed by atoms with Crippen molar-refractivity contribution < 1.29 is 4.43 Å². The van der Waals surface area contributed by atoms with Gasteiger partial charge in [-0.1, -0.05) is 42.5 Å². The van der Waals surface area contributed by atoms with Crippen LogP contribution in [0.3, 0.4) is 0 Å². The lowest BCUT2D eigenvalue weighted by Crippen LogP contribution is -2.44. The van der Waals surface area contributed by atoms with E-state index in [2.05, 4.69) is 86.7 Å². The van der Waals surface area contributed by atoms with Gasteiger partial charge in [0.2, 0.25) is 8.32 Å². The molecule has 4 aromatic carbocycles. The average molecular weight is 331 g/mol. The molecule has 0 aromatic heterocycles. The van der Waals surface area contributed by atoms with Crippen LogP contribution in [0.2, 0.25) is 13.1 Å². The standard InChI is InChI=1S/C22H22OSi/c1-4-23-24(2,3)22-10-9-18-13-19-11-16-7-5-6-8-17(16)12-20(19)14-21(18)15-22/h5-15H,4H2,1-3H3. The molecule has 0 aliphatic carbocycles. The maximum atomic E-state index is 6.05. The van der Waals surface area contributed by atoms with E-state index in [1.165, 1.54) is 37.5 Å². The summed E-state index contributed by atoms with van der Waals surface area (Å²) in [5, 5.41) is 9.15. The largest absolute Gasteiger partial charge is 0.413 e. The molecule has 4 aromatic rings. The molecule has 0 aliphatic rings. The van der Waals surface area contributed by atoms with Gasteiger partial charge in [-0.2, -0.15) is 0 Å². The van der Waals surface area contributed by atoms with Crippen molar-refractivity contribution in [3.05, 3.63) is 66.7 Å². The highest BCUT2D eigenvalue weighted by Gasteiger charge is 2.24. The SMILES string of the molecule is CCO[Si](C)(C)c1ccc2cc3cc4ccccc4cc3cc2c1. The molecule has 0 N–H and O–H groups in total. The molecular weight excluding hydrogens is 308 g/mol. The Kier molecular flexibility index (Phi) is 3.67. The van der Waals surface area contributed by atoms with E-state index in [1.807, 2.05) is 0 Å². The molecule has 0 bridgehead atoms. The summed E-state index contributed by atoms with van der Waals surface area (Å²) in [6.07, 6.45) is 0. The van der Waals surface area contributed by atoms with E-state index in [4.69, 9.17) is 4.43 Å². The van der Waals surface area contributed by atoms with Crippen LogP contribution in [0.15, 0.2) is 66.7 Å². The number of rotatable bonds is 3. The highest BCUT2D eigenvalue weighted by Crippen LogP contribution is 2.27. The van der Waals surface area contributed by atoms with Gasteiger partial charge < -0.3 is 4.43 Å². The van der Waals surface area contributed by atoms with Crippen molar-refractivity contribution in [3.8, 4) is 0 Å². The second-order valence-electron chi connectivity index (χ2n) is 6.90. The molecular formula is C22H22OSi. The van der Waals surface area contributed by atoms with E-state index in [0.717, 1.165) is 6.61 Å². The quantitative estimate of drug-likeness (QED) is 0.351. The van der Waals surface area contributed by atoms with E-state index in [-0.39, 0.29) is 0 Å². The van der Waals surface area contributed by atoms with E-state index in [0.29, 0.717) is 0 Å². The van der Waals surface area contributed by atoms with E-state index in [9.17, 15) is 0 Å². The molecule has 0 unspecified atom stereocenters. The fraction of sp³-hybridized carbons (Fsp3) is 0.182. The molecule has 0 heterocycles. The highest BCUT2D eigenvalue weighted by atomic mass is 28.4. The van der Waals surface area contributed by atoms with E-state index in [1.54, 1.807) is 0 Å². The van der Waals surface area contributed by atoms with Crippen molar-refractivity contribution in [1.29, 1.82) is 0 Å². The number of benzene rings is 4. The minimum atomic E-state index is -1.81. The molecule has 0 atom stereocenters. The summed E-state index contributed by atoms with van der Waals surface area (Å²) in [6.45, 7) is 7.40. The lowest BCUT2D eigenvalue weighted by atomic mass is 10.00. The first-order valence-corrected chi connectivity index (χ1v) is 11.5. The van der Waals surface area contributed by atoms with Crippen LogP contribution in [0.4, 0.5) is 0 Å². The van der Waals surface area contributed by atoms with Crippen molar-refractivity contribution in [2.24, 2.45) is 0 Å². The maximum absolute atomic E-state index is 6.05. The zero-order valence-electron chi connectivity index (χ0n) is 14.5. The highest BCUT2D eigenvalue weighted by molar-refractivity contribution is 6.84. The topological polar surface area (TPSA) is 9.23 Å². The molecule has 0 amide bonds. The first-order chi connectivity index (χ1) is 11.6. The van der Waals surface area contributed by atoms with Crippen LogP contribution in [0.25, 0.3) is 32.3 Å². The Balaban J connectivity index is 1.93. The zero-order valence-corrected chi connectivity index (χ0v) is 15.5. The van der Waals surface area contributed by atoms with Gasteiger partial charge in [-0.25, -0.2) is 0 Å². The van der Waals surface area contributed by atoms with Gasteiger partial charge in [-0.05, 0) is 81.8 Å². The summed E-state index contributed by atoms with van der Waals surface area (Å²) < 4.78 is 6.05. The van der Waals surface area contributed by atoms with Crippen molar-refractivity contribution in [2.45, 2.75) is 20.0 Å². The Morgan fingerprint density at radius 1 is 0.667 bits per heavy atom. The maximum Gasteiger partial charge on any atom is 0.218 e. The molecule has 0 saturated heterocycles. The Morgan fingerprint density at radius 2 is 1.17 bits per heavy atom. The van der Waals surface area contributed by atoms with Crippen molar-refractivity contribution >= 4 is 45.8 Å². The molecule has 4 rings (SSSR count). The molecule has 0 spiro atoms. The summed E-state index contributed by atoms with van der Waals surface area (Å²) in [5.41, 5.74) is 0. The minimum absolute atomic E-state index is 0.779. The first-order valence-electron chi connectivity index (χ1n) is 8.57. The fourth-order valence-electron chi connectivity index (χ4n) is 3.51. The van der Waals surface area contributed by atoms with Gasteiger partial charge in [0.25, 0.3) is 0 Å². The molecule has 0 saturated carbocycles. The minimum Gasteiger partial charge on any atom is -0.413 e. The van der Waals surface area contributed by atoms with Crippen LogP contribution in [-0.4, -0.2) is 14.9 Å². The van der Waals surface area contributed by atoms with Crippen LogP contribution in [0, 0.1) is 0 Å². The Morgan fingerprint density at radius 3 is 1.75 bits per heavy atom. The molecule has 0 aliphatic heterocycles. The Bertz CT molecular complexity index is 1050. The van der Waals surface area contributed by atoms with Crippen molar-refractivity contribution in [2.75, 3.05) is 6.61 Å². The summed E-state index contributed by atoms with van der Waals surface area (Å²) >= 11 is 0. The third-order valence-electron chi connectivity index (χ3n) is 4.86. The van der Waals surface area contributed by atoms with Gasteiger partial charge in [-0.15, -0.1) is 0 Å². The summed E-state index contributed by atoms with van der Waals surface area (Å²) in [6, 6.07) is 24.6. The monoisotopic (exact) mass is 330 g/mol. The molecule has 0 radical (unpaired) electrons. The third kappa shape index (κ3) is 2.62. The predicted molar refractivity (Wildman–Crippen MR) is 108 cm³/mol.